The minimum absolute atomic E-state index is 0.0392. The number of pyridine rings is 1. The third-order valence-corrected chi connectivity index (χ3v) is 7.65. The fourth-order valence-electron chi connectivity index (χ4n) is 5.10. The Balaban J connectivity index is 1.50. The number of hydrogen-bond donors (Lipinski definition) is 1. The average molecular weight is 493 g/mol. The van der Waals surface area contributed by atoms with E-state index < -0.39 is 0 Å². The van der Waals surface area contributed by atoms with Crippen LogP contribution < -0.4 is 5.56 Å². The highest BCUT2D eigenvalue weighted by molar-refractivity contribution is 7.09. The molecular weight excluding hydrogens is 460 g/mol. The normalized spacial score (nSPS) is 17.0. The van der Waals surface area contributed by atoms with Gasteiger partial charge in [0, 0.05) is 41.0 Å². The van der Waals surface area contributed by atoms with Gasteiger partial charge in [0.05, 0.1) is 18.7 Å². The Morgan fingerprint density at radius 3 is 2.91 bits per heavy atom. The van der Waals surface area contributed by atoms with E-state index in [0.717, 1.165) is 59.3 Å². The molecule has 2 atom stereocenters. The number of nitrogens with zero attached hydrogens (tertiary/aromatic N) is 5. The van der Waals surface area contributed by atoms with Crippen molar-refractivity contribution < 1.29 is 4.74 Å². The second kappa shape index (κ2) is 10.4. The average Bonchev–Trinajstić information content (AvgIpc) is 3.60. The molecule has 0 unspecified atom stereocenters. The largest absolute Gasteiger partial charge is 0.376 e. The second-order valence-corrected chi connectivity index (χ2v) is 10.5. The molecule has 9 heteroatoms. The maximum absolute atomic E-state index is 13.1. The van der Waals surface area contributed by atoms with Crippen LogP contribution in [0.1, 0.15) is 59.6 Å². The molecule has 3 aromatic heterocycles. The summed E-state index contributed by atoms with van der Waals surface area (Å²) in [6.07, 6.45) is 3.07. The molecule has 0 radical (unpaired) electrons. The van der Waals surface area contributed by atoms with Crippen LogP contribution in [-0.4, -0.2) is 42.8 Å². The molecular formula is C26H32N6O2S. The highest BCUT2D eigenvalue weighted by atomic mass is 32.1. The topological polar surface area (TPSA) is 88.9 Å². The van der Waals surface area contributed by atoms with Crippen molar-refractivity contribution in [2.45, 2.75) is 71.8 Å². The molecule has 1 aliphatic rings. The molecule has 8 nitrogen and oxygen atoms in total. The van der Waals surface area contributed by atoms with Crippen molar-refractivity contribution >= 4 is 22.2 Å². The van der Waals surface area contributed by atoms with Gasteiger partial charge in [0.15, 0.2) is 5.82 Å². The molecule has 1 fully saturated rings. The third kappa shape index (κ3) is 5.22. The van der Waals surface area contributed by atoms with Gasteiger partial charge in [0.1, 0.15) is 0 Å². The second-order valence-electron chi connectivity index (χ2n) is 9.43. The fraction of sp³-hybridized carbons (Fsp3) is 0.462. The summed E-state index contributed by atoms with van der Waals surface area (Å²) in [6, 6.07) is 10.4. The lowest BCUT2D eigenvalue weighted by atomic mass is 10.0. The van der Waals surface area contributed by atoms with Crippen molar-refractivity contribution in [3.8, 4) is 0 Å². The lowest BCUT2D eigenvalue weighted by molar-refractivity contribution is 0.0889. The number of tetrazole rings is 1. The molecule has 4 heterocycles. The Morgan fingerprint density at radius 1 is 1.29 bits per heavy atom. The zero-order valence-electron chi connectivity index (χ0n) is 20.5. The number of aromatic amines is 1. The molecule has 0 saturated carbocycles. The van der Waals surface area contributed by atoms with E-state index in [1.807, 2.05) is 23.7 Å². The number of hydrogen-bond acceptors (Lipinski definition) is 7. The van der Waals surface area contributed by atoms with Crippen molar-refractivity contribution in [1.29, 1.82) is 0 Å². The Kier molecular flexibility index (Phi) is 7.08. The summed E-state index contributed by atoms with van der Waals surface area (Å²) < 4.78 is 7.73. The first-order valence-corrected chi connectivity index (χ1v) is 13.2. The van der Waals surface area contributed by atoms with E-state index in [0.29, 0.717) is 19.6 Å². The Bertz CT molecular complexity index is 1340. The molecule has 1 saturated heterocycles. The number of benzene rings is 1. The number of aryl methyl sites for hydroxylation is 2. The van der Waals surface area contributed by atoms with Crippen LogP contribution in [-0.2, 0) is 24.4 Å². The molecule has 4 aromatic rings. The van der Waals surface area contributed by atoms with Gasteiger partial charge in [0.2, 0.25) is 0 Å². The van der Waals surface area contributed by atoms with E-state index in [2.05, 4.69) is 62.8 Å². The third-order valence-electron chi connectivity index (χ3n) is 6.79. The highest BCUT2D eigenvalue weighted by Crippen LogP contribution is 2.28. The molecule has 1 aliphatic heterocycles. The predicted octanol–water partition coefficient (Wildman–Crippen LogP) is 4.53. The Morgan fingerprint density at radius 2 is 2.17 bits per heavy atom. The van der Waals surface area contributed by atoms with Crippen molar-refractivity contribution in [2.24, 2.45) is 0 Å². The van der Waals surface area contributed by atoms with E-state index in [1.165, 1.54) is 4.88 Å². The maximum atomic E-state index is 13.1. The number of rotatable bonds is 9. The van der Waals surface area contributed by atoms with Gasteiger partial charge in [-0.25, -0.2) is 4.68 Å². The van der Waals surface area contributed by atoms with Gasteiger partial charge in [0.25, 0.3) is 5.56 Å². The zero-order chi connectivity index (χ0) is 24.4. The molecule has 0 amide bonds. The van der Waals surface area contributed by atoms with E-state index >= 15 is 0 Å². The standard InChI is InChI=1S/C26H32N6O2S/c1-4-24(25-28-29-30-32(25)15-20-7-5-9-34-20)31(16-21-8-6-10-35-21)14-19-13-22-18(3)11-17(2)12-23(22)27-26(19)33/h6,8,10-13,20,24H,4-5,7,9,14-16H2,1-3H3,(H,27,33)/t20-,24+/m0/s1. The fourth-order valence-corrected chi connectivity index (χ4v) is 5.83. The van der Waals surface area contributed by atoms with Crippen LogP contribution in [0.25, 0.3) is 10.9 Å². The minimum Gasteiger partial charge on any atom is -0.376 e. The maximum Gasteiger partial charge on any atom is 0.252 e. The number of H-pyrrole nitrogens is 1. The molecule has 5 rings (SSSR count). The van der Waals surface area contributed by atoms with Crippen LogP contribution in [0.3, 0.4) is 0 Å². The lowest BCUT2D eigenvalue weighted by Crippen LogP contribution is -2.33. The molecule has 1 aromatic carbocycles. The molecule has 0 bridgehead atoms. The number of aromatic nitrogens is 5. The predicted molar refractivity (Wildman–Crippen MR) is 137 cm³/mol. The van der Waals surface area contributed by atoms with Gasteiger partial charge in [-0.05, 0) is 78.2 Å². The van der Waals surface area contributed by atoms with Gasteiger partial charge in [-0.2, -0.15) is 0 Å². The van der Waals surface area contributed by atoms with Crippen LogP contribution >= 0.6 is 11.3 Å². The first-order valence-electron chi connectivity index (χ1n) is 12.3. The van der Waals surface area contributed by atoms with Gasteiger partial charge in [-0.15, -0.1) is 16.4 Å². The monoisotopic (exact) mass is 492 g/mol. The van der Waals surface area contributed by atoms with Crippen molar-refractivity contribution in [1.82, 2.24) is 30.1 Å². The first kappa shape index (κ1) is 23.8. The molecule has 1 N–H and O–H groups in total. The Labute approximate surface area is 208 Å². The van der Waals surface area contributed by atoms with E-state index in [4.69, 9.17) is 4.74 Å². The number of ether oxygens (including phenoxy) is 1. The van der Waals surface area contributed by atoms with Gasteiger partial charge in [-0.1, -0.05) is 19.1 Å². The summed E-state index contributed by atoms with van der Waals surface area (Å²) in [6.45, 7) is 8.96. The summed E-state index contributed by atoms with van der Waals surface area (Å²) >= 11 is 1.72. The summed E-state index contributed by atoms with van der Waals surface area (Å²) in [5.41, 5.74) is 3.88. The first-order chi connectivity index (χ1) is 17.0. The van der Waals surface area contributed by atoms with Crippen LogP contribution in [0.4, 0.5) is 0 Å². The van der Waals surface area contributed by atoms with Crippen molar-refractivity contribution in [2.75, 3.05) is 6.61 Å². The van der Waals surface area contributed by atoms with Crippen LogP contribution in [0.2, 0.25) is 0 Å². The van der Waals surface area contributed by atoms with Gasteiger partial charge in [-0.3, -0.25) is 9.69 Å². The van der Waals surface area contributed by atoms with E-state index in [9.17, 15) is 4.79 Å². The summed E-state index contributed by atoms with van der Waals surface area (Å²) in [4.78, 5) is 19.8. The number of fused-ring (bicyclic) bond motifs is 1. The number of nitrogens with one attached hydrogen (secondary N) is 1. The lowest BCUT2D eigenvalue weighted by Gasteiger charge is -2.30. The molecule has 0 aliphatic carbocycles. The van der Waals surface area contributed by atoms with Crippen molar-refractivity contribution in [3.05, 3.63) is 73.5 Å². The molecule has 35 heavy (non-hydrogen) atoms. The SMILES string of the molecule is CC[C@H](c1nnnn1C[C@@H]1CCCO1)N(Cc1cccs1)Cc1cc2c(C)cc(C)cc2[nH]c1=O. The molecule has 0 spiro atoms. The van der Waals surface area contributed by atoms with E-state index in [1.54, 1.807) is 11.3 Å². The van der Waals surface area contributed by atoms with Crippen LogP contribution in [0.15, 0.2) is 40.5 Å². The summed E-state index contributed by atoms with van der Waals surface area (Å²) in [5.74, 6) is 0.823. The molecule has 184 valence electrons. The summed E-state index contributed by atoms with van der Waals surface area (Å²) in [7, 11) is 0. The van der Waals surface area contributed by atoms with Crippen LogP contribution in [0.5, 0.6) is 0 Å². The van der Waals surface area contributed by atoms with Crippen molar-refractivity contribution in [3.63, 3.8) is 0 Å². The quantitative estimate of drug-likeness (QED) is 0.369. The smallest absolute Gasteiger partial charge is 0.252 e. The zero-order valence-corrected chi connectivity index (χ0v) is 21.3. The van der Waals surface area contributed by atoms with E-state index in [-0.39, 0.29) is 17.7 Å². The summed E-state index contributed by atoms with van der Waals surface area (Å²) in [5, 5.41) is 15.9. The highest BCUT2D eigenvalue weighted by Gasteiger charge is 2.28. The Hall–Kier alpha value is -2.88. The van der Waals surface area contributed by atoms with Gasteiger partial charge >= 0.3 is 0 Å². The minimum atomic E-state index is -0.0486. The van der Waals surface area contributed by atoms with Gasteiger partial charge < -0.3 is 9.72 Å². The number of thiophene rings is 1. The van der Waals surface area contributed by atoms with Crippen LogP contribution in [0, 0.1) is 13.8 Å².